The standard InChI is InChI=1S/C18H19Cl2NO/c1-3-6-16(15-9-8-14(19)11-17(15)20)18(22,4-2)13-7-5-10-21-12-13/h3,5,7-12,16,22H,1,4,6H2,2H3. The molecule has 0 aliphatic carbocycles. The Morgan fingerprint density at radius 3 is 2.68 bits per heavy atom. The number of allylic oxidation sites excluding steroid dienone is 1. The first-order valence-corrected chi connectivity index (χ1v) is 7.97. The Bertz CT molecular complexity index is 645. The van der Waals surface area contributed by atoms with Gasteiger partial charge in [-0.3, -0.25) is 4.98 Å². The summed E-state index contributed by atoms with van der Waals surface area (Å²) in [7, 11) is 0. The summed E-state index contributed by atoms with van der Waals surface area (Å²) >= 11 is 12.4. The van der Waals surface area contributed by atoms with E-state index in [-0.39, 0.29) is 5.92 Å². The van der Waals surface area contributed by atoms with Gasteiger partial charge >= 0.3 is 0 Å². The molecule has 0 aliphatic heterocycles. The fraction of sp³-hybridized carbons (Fsp3) is 0.278. The third-order valence-electron chi connectivity index (χ3n) is 4.02. The topological polar surface area (TPSA) is 33.1 Å². The Balaban J connectivity index is 2.55. The number of halogens is 2. The number of nitrogens with zero attached hydrogens (tertiary/aromatic N) is 1. The van der Waals surface area contributed by atoms with E-state index in [1.807, 2.05) is 25.1 Å². The van der Waals surface area contributed by atoms with Crippen LogP contribution in [0.15, 0.2) is 55.4 Å². The van der Waals surface area contributed by atoms with E-state index in [9.17, 15) is 5.11 Å². The highest BCUT2D eigenvalue weighted by molar-refractivity contribution is 6.35. The molecule has 0 saturated heterocycles. The van der Waals surface area contributed by atoms with Gasteiger partial charge in [0.1, 0.15) is 0 Å². The highest BCUT2D eigenvalue weighted by Gasteiger charge is 2.38. The molecule has 2 nitrogen and oxygen atoms in total. The van der Waals surface area contributed by atoms with Crippen molar-refractivity contribution in [2.45, 2.75) is 31.3 Å². The van der Waals surface area contributed by atoms with E-state index in [0.717, 1.165) is 11.1 Å². The minimum Gasteiger partial charge on any atom is -0.384 e. The maximum absolute atomic E-state index is 11.4. The van der Waals surface area contributed by atoms with Crippen LogP contribution in [0.2, 0.25) is 10.0 Å². The third kappa shape index (κ3) is 3.35. The quantitative estimate of drug-likeness (QED) is 0.722. The number of hydrogen-bond donors (Lipinski definition) is 1. The maximum Gasteiger partial charge on any atom is 0.0980 e. The third-order valence-corrected chi connectivity index (χ3v) is 4.58. The molecule has 1 aromatic carbocycles. The summed E-state index contributed by atoms with van der Waals surface area (Å²) in [5.41, 5.74) is 0.564. The molecular weight excluding hydrogens is 317 g/mol. The average Bonchev–Trinajstić information content (AvgIpc) is 2.53. The average molecular weight is 336 g/mol. The summed E-state index contributed by atoms with van der Waals surface area (Å²) in [6.07, 6.45) is 6.32. The lowest BCUT2D eigenvalue weighted by atomic mass is 9.74. The van der Waals surface area contributed by atoms with E-state index in [1.54, 1.807) is 30.6 Å². The van der Waals surface area contributed by atoms with Crippen LogP contribution in [0, 0.1) is 0 Å². The molecule has 2 unspecified atom stereocenters. The number of hydrogen-bond acceptors (Lipinski definition) is 2. The van der Waals surface area contributed by atoms with E-state index in [1.165, 1.54) is 0 Å². The van der Waals surface area contributed by atoms with E-state index in [0.29, 0.717) is 22.9 Å². The van der Waals surface area contributed by atoms with Crippen LogP contribution in [0.3, 0.4) is 0 Å². The van der Waals surface area contributed by atoms with Gasteiger partial charge in [0.15, 0.2) is 0 Å². The fourth-order valence-electron chi connectivity index (χ4n) is 2.80. The van der Waals surface area contributed by atoms with Crippen molar-refractivity contribution in [3.05, 3.63) is 76.6 Å². The lowest BCUT2D eigenvalue weighted by Crippen LogP contribution is -2.33. The van der Waals surface area contributed by atoms with Gasteiger partial charge in [-0.15, -0.1) is 6.58 Å². The molecule has 2 rings (SSSR count). The Morgan fingerprint density at radius 1 is 1.36 bits per heavy atom. The molecule has 0 radical (unpaired) electrons. The van der Waals surface area contributed by atoms with Gasteiger partial charge in [-0.25, -0.2) is 0 Å². The Hall–Kier alpha value is -1.35. The first-order valence-electron chi connectivity index (χ1n) is 7.21. The molecule has 0 bridgehead atoms. The Morgan fingerprint density at radius 2 is 2.14 bits per heavy atom. The molecule has 0 spiro atoms. The molecule has 22 heavy (non-hydrogen) atoms. The Kier molecular flexibility index (Phi) is 5.63. The number of aromatic nitrogens is 1. The molecule has 1 heterocycles. The second kappa shape index (κ2) is 7.28. The van der Waals surface area contributed by atoms with Gasteiger partial charge in [0.25, 0.3) is 0 Å². The van der Waals surface area contributed by atoms with Crippen LogP contribution in [-0.2, 0) is 5.60 Å². The van der Waals surface area contributed by atoms with Gasteiger partial charge in [0, 0.05) is 33.9 Å². The molecule has 0 aliphatic rings. The second-order valence-corrected chi connectivity index (χ2v) is 6.11. The minimum absolute atomic E-state index is 0.219. The summed E-state index contributed by atoms with van der Waals surface area (Å²) in [6.45, 7) is 5.77. The SMILES string of the molecule is C=CCC(c1ccc(Cl)cc1Cl)C(O)(CC)c1cccnc1. The normalized spacial score (nSPS) is 15.1. The predicted octanol–water partition coefficient (Wildman–Crippen LogP) is 5.35. The largest absolute Gasteiger partial charge is 0.384 e. The molecule has 0 amide bonds. The summed E-state index contributed by atoms with van der Waals surface area (Å²) in [5, 5.41) is 12.5. The Labute approximate surface area is 141 Å². The van der Waals surface area contributed by atoms with Crippen molar-refractivity contribution in [3.63, 3.8) is 0 Å². The maximum atomic E-state index is 11.4. The number of pyridine rings is 1. The lowest BCUT2D eigenvalue weighted by molar-refractivity contribution is 0.00327. The monoisotopic (exact) mass is 335 g/mol. The van der Waals surface area contributed by atoms with Crippen LogP contribution in [0.25, 0.3) is 0 Å². The molecule has 4 heteroatoms. The second-order valence-electron chi connectivity index (χ2n) is 5.26. The summed E-state index contributed by atoms with van der Waals surface area (Å²) in [5.74, 6) is -0.219. The first kappa shape index (κ1) is 17.0. The van der Waals surface area contributed by atoms with E-state index in [2.05, 4.69) is 11.6 Å². The summed E-state index contributed by atoms with van der Waals surface area (Å²) < 4.78 is 0. The predicted molar refractivity (Wildman–Crippen MR) is 92.4 cm³/mol. The van der Waals surface area contributed by atoms with Gasteiger partial charge in [-0.2, -0.15) is 0 Å². The van der Waals surface area contributed by atoms with Gasteiger partial charge in [-0.05, 0) is 36.6 Å². The highest BCUT2D eigenvalue weighted by atomic mass is 35.5. The van der Waals surface area contributed by atoms with Crippen LogP contribution >= 0.6 is 23.2 Å². The van der Waals surface area contributed by atoms with Gasteiger partial charge in [0.2, 0.25) is 0 Å². The molecule has 0 fully saturated rings. The minimum atomic E-state index is -1.07. The first-order chi connectivity index (χ1) is 10.5. The molecule has 2 aromatic rings. The lowest BCUT2D eigenvalue weighted by Gasteiger charge is -2.36. The van der Waals surface area contributed by atoms with Crippen molar-refractivity contribution in [2.24, 2.45) is 0 Å². The van der Waals surface area contributed by atoms with E-state index in [4.69, 9.17) is 23.2 Å². The van der Waals surface area contributed by atoms with E-state index >= 15 is 0 Å². The molecule has 1 N–H and O–H groups in total. The summed E-state index contributed by atoms with van der Waals surface area (Å²) in [4.78, 5) is 4.13. The van der Waals surface area contributed by atoms with Crippen LogP contribution < -0.4 is 0 Å². The van der Waals surface area contributed by atoms with Gasteiger partial charge in [-0.1, -0.05) is 48.3 Å². The zero-order valence-electron chi connectivity index (χ0n) is 12.5. The highest BCUT2D eigenvalue weighted by Crippen LogP contribution is 2.44. The van der Waals surface area contributed by atoms with Crippen molar-refractivity contribution in [2.75, 3.05) is 0 Å². The number of aliphatic hydroxyl groups is 1. The van der Waals surface area contributed by atoms with Crippen LogP contribution in [0.1, 0.15) is 36.8 Å². The van der Waals surface area contributed by atoms with Gasteiger partial charge < -0.3 is 5.11 Å². The van der Waals surface area contributed by atoms with Crippen molar-refractivity contribution in [1.29, 1.82) is 0 Å². The van der Waals surface area contributed by atoms with Crippen LogP contribution in [-0.4, -0.2) is 10.1 Å². The smallest absolute Gasteiger partial charge is 0.0980 e. The van der Waals surface area contributed by atoms with Crippen molar-refractivity contribution < 1.29 is 5.11 Å². The molecule has 1 aromatic heterocycles. The van der Waals surface area contributed by atoms with Crippen LogP contribution in [0.4, 0.5) is 0 Å². The van der Waals surface area contributed by atoms with E-state index < -0.39 is 5.60 Å². The summed E-state index contributed by atoms with van der Waals surface area (Å²) in [6, 6.07) is 9.07. The van der Waals surface area contributed by atoms with Crippen LogP contribution in [0.5, 0.6) is 0 Å². The van der Waals surface area contributed by atoms with Crippen molar-refractivity contribution >= 4 is 23.2 Å². The molecule has 0 saturated carbocycles. The zero-order valence-corrected chi connectivity index (χ0v) is 14.0. The molecular formula is C18H19Cl2NO. The number of benzene rings is 1. The fourth-order valence-corrected chi connectivity index (χ4v) is 3.34. The van der Waals surface area contributed by atoms with Crippen molar-refractivity contribution in [3.8, 4) is 0 Å². The van der Waals surface area contributed by atoms with Gasteiger partial charge in [0.05, 0.1) is 5.60 Å². The molecule has 116 valence electrons. The zero-order chi connectivity index (χ0) is 16.2. The van der Waals surface area contributed by atoms with Crippen molar-refractivity contribution in [1.82, 2.24) is 4.98 Å². The molecule has 2 atom stereocenters. The number of rotatable bonds is 6.